The molecule has 2 aromatic rings. The van der Waals surface area contributed by atoms with Crippen LogP contribution in [0.2, 0.25) is 0 Å². The summed E-state index contributed by atoms with van der Waals surface area (Å²) in [5, 5.41) is 2.95. The lowest BCUT2D eigenvalue weighted by atomic mass is 10.0. The highest BCUT2D eigenvalue weighted by atomic mass is 16.5. The molecular formula is C21H25NO3. The number of amides is 1. The second-order valence-electron chi connectivity index (χ2n) is 6.21. The molecule has 0 saturated heterocycles. The van der Waals surface area contributed by atoms with E-state index < -0.39 is 5.97 Å². The third-order valence-electron chi connectivity index (χ3n) is 4.06. The molecule has 0 unspecified atom stereocenters. The Kier molecular flexibility index (Phi) is 6.75. The van der Waals surface area contributed by atoms with Crippen LogP contribution in [-0.4, -0.2) is 18.5 Å². The molecule has 2 rings (SSSR count). The summed E-state index contributed by atoms with van der Waals surface area (Å²) in [5.41, 5.74) is 3.37. The van der Waals surface area contributed by atoms with Crippen LogP contribution in [0.15, 0.2) is 48.5 Å². The van der Waals surface area contributed by atoms with Crippen molar-refractivity contribution in [3.8, 4) is 0 Å². The van der Waals surface area contributed by atoms with Gasteiger partial charge in [-0.05, 0) is 37.5 Å². The van der Waals surface area contributed by atoms with Gasteiger partial charge in [0.05, 0.1) is 11.6 Å². The molecule has 0 saturated carbocycles. The molecule has 0 aromatic heterocycles. The van der Waals surface area contributed by atoms with E-state index in [4.69, 9.17) is 4.74 Å². The lowest BCUT2D eigenvalue weighted by Gasteiger charge is -2.18. The number of ether oxygens (including phenoxy) is 1. The summed E-state index contributed by atoms with van der Waals surface area (Å²) in [4.78, 5) is 24.4. The fourth-order valence-corrected chi connectivity index (χ4v) is 2.70. The fourth-order valence-electron chi connectivity index (χ4n) is 2.70. The number of nitrogens with one attached hydrogen (secondary N) is 1. The van der Waals surface area contributed by atoms with Crippen LogP contribution in [0, 0.1) is 13.8 Å². The molecule has 1 atom stereocenters. The zero-order valence-corrected chi connectivity index (χ0v) is 15.0. The smallest absolute Gasteiger partial charge is 0.338 e. The maximum absolute atomic E-state index is 12.2. The minimum Gasteiger partial charge on any atom is -0.452 e. The Labute approximate surface area is 149 Å². The predicted molar refractivity (Wildman–Crippen MR) is 98.4 cm³/mol. The lowest BCUT2D eigenvalue weighted by molar-refractivity contribution is -0.125. The first-order valence-electron chi connectivity index (χ1n) is 8.60. The van der Waals surface area contributed by atoms with Crippen molar-refractivity contribution in [2.45, 2.75) is 39.7 Å². The molecule has 1 N–H and O–H groups in total. The second kappa shape index (κ2) is 9.02. The lowest BCUT2D eigenvalue weighted by Crippen LogP contribution is -2.32. The Bertz CT molecular complexity index is 725. The Morgan fingerprint density at radius 3 is 2.48 bits per heavy atom. The molecule has 1 amide bonds. The van der Waals surface area contributed by atoms with Gasteiger partial charge in [0, 0.05) is 0 Å². The van der Waals surface area contributed by atoms with Gasteiger partial charge in [-0.1, -0.05) is 61.4 Å². The van der Waals surface area contributed by atoms with Crippen LogP contribution in [0.5, 0.6) is 0 Å². The zero-order chi connectivity index (χ0) is 18.2. The van der Waals surface area contributed by atoms with Crippen molar-refractivity contribution in [2.75, 3.05) is 6.61 Å². The van der Waals surface area contributed by atoms with E-state index in [1.807, 2.05) is 56.3 Å². The van der Waals surface area contributed by atoms with Crippen molar-refractivity contribution in [3.63, 3.8) is 0 Å². The molecule has 2 aromatic carbocycles. The van der Waals surface area contributed by atoms with E-state index in [0.29, 0.717) is 5.56 Å². The van der Waals surface area contributed by atoms with Gasteiger partial charge in [-0.25, -0.2) is 4.79 Å². The quantitative estimate of drug-likeness (QED) is 0.772. The SMILES string of the molecule is CCC[C@H](NC(=O)COC(=O)c1cc(C)ccc1C)c1ccccc1. The van der Waals surface area contributed by atoms with Crippen molar-refractivity contribution < 1.29 is 14.3 Å². The van der Waals surface area contributed by atoms with Gasteiger partial charge in [0.1, 0.15) is 0 Å². The minimum absolute atomic E-state index is 0.0712. The van der Waals surface area contributed by atoms with E-state index in [2.05, 4.69) is 12.2 Å². The molecule has 0 aliphatic rings. The summed E-state index contributed by atoms with van der Waals surface area (Å²) in [6, 6.07) is 15.3. The number of hydrogen-bond acceptors (Lipinski definition) is 3. The highest BCUT2D eigenvalue weighted by Gasteiger charge is 2.16. The first-order valence-corrected chi connectivity index (χ1v) is 8.60. The van der Waals surface area contributed by atoms with Gasteiger partial charge in [0.15, 0.2) is 6.61 Å². The molecule has 4 nitrogen and oxygen atoms in total. The molecule has 0 bridgehead atoms. The van der Waals surface area contributed by atoms with Gasteiger partial charge >= 0.3 is 5.97 Å². The highest BCUT2D eigenvalue weighted by Crippen LogP contribution is 2.18. The standard InChI is InChI=1S/C21H25NO3/c1-4-8-19(17-9-6-5-7-10-17)22-20(23)14-25-21(24)18-13-15(2)11-12-16(18)3/h5-7,9-13,19H,4,8,14H2,1-3H3,(H,22,23)/t19-/m0/s1. The second-order valence-corrected chi connectivity index (χ2v) is 6.21. The maximum atomic E-state index is 12.2. The van der Waals surface area contributed by atoms with Gasteiger partial charge in [-0.2, -0.15) is 0 Å². The van der Waals surface area contributed by atoms with E-state index in [-0.39, 0.29) is 18.6 Å². The molecule has 132 valence electrons. The van der Waals surface area contributed by atoms with Crippen LogP contribution < -0.4 is 5.32 Å². The third-order valence-corrected chi connectivity index (χ3v) is 4.06. The summed E-state index contributed by atoms with van der Waals surface area (Å²) < 4.78 is 5.19. The van der Waals surface area contributed by atoms with Crippen molar-refractivity contribution in [1.29, 1.82) is 0 Å². The van der Waals surface area contributed by atoms with Crippen LogP contribution in [-0.2, 0) is 9.53 Å². The number of benzene rings is 2. The molecule has 0 spiro atoms. The van der Waals surface area contributed by atoms with Crippen LogP contribution in [0.4, 0.5) is 0 Å². The average molecular weight is 339 g/mol. The molecule has 0 heterocycles. The number of carbonyl (C=O) groups excluding carboxylic acids is 2. The molecule has 25 heavy (non-hydrogen) atoms. The zero-order valence-electron chi connectivity index (χ0n) is 15.0. The van der Waals surface area contributed by atoms with Gasteiger partial charge in [-0.3, -0.25) is 4.79 Å². The van der Waals surface area contributed by atoms with Crippen LogP contribution >= 0.6 is 0 Å². The summed E-state index contributed by atoms with van der Waals surface area (Å²) in [5.74, 6) is -0.760. The normalized spacial score (nSPS) is 11.6. The van der Waals surface area contributed by atoms with Crippen molar-refractivity contribution in [1.82, 2.24) is 5.32 Å². The topological polar surface area (TPSA) is 55.4 Å². The van der Waals surface area contributed by atoms with Gasteiger partial charge in [-0.15, -0.1) is 0 Å². The van der Waals surface area contributed by atoms with Crippen LogP contribution in [0.1, 0.15) is 52.9 Å². The highest BCUT2D eigenvalue weighted by molar-refractivity contribution is 5.92. The van der Waals surface area contributed by atoms with E-state index >= 15 is 0 Å². The molecule has 0 aliphatic heterocycles. The third kappa shape index (κ3) is 5.45. The number of esters is 1. The molecule has 0 fully saturated rings. The Hall–Kier alpha value is -2.62. The number of hydrogen-bond donors (Lipinski definition) is 1. The summed E-state index contributed by atoms with van der Waals surface area (Å²) in [6.07, 6.45) is 1.78. The van der Waals surface area contributed by atoms with E-state index in [9.17, 15) is 9.59 Å². The van der Waals surface area contributed by atoms with Crippen molar-refractivity contribution in [2.24, 2.45) is 0 Å². The van der Waals surface area contributed by atoms with Gasteiger partial charge in [0.2, 0.25) is 0 Å². The van der Waals surface area contributed by atoms with Crippen LogP contribution in [0.3, 0.4) is 0 Å². The summed E-state index contributed by atoms with van der Waals surface area (Å²) >= 11 is 0. The van der Waals surface area contributed by atoms with Gasteiger partial charge < -0.3 is 10.1 Å². The maximum Gasteiger partial charge on any atom is 0.338 e. The largest absolute Gasteiger partial charge is 0.452 e. The summed E-state index contributed by atoms with van der Waals surface area (Å²) in [7, 11) is 0. The van der Waals surface area contributed by atoms with Crippen molar-refractivity contribution >= 4 is 11.9 Å². The summed E-state index contributed by atoms with van der Waals surface area (Å²) in [6.45, 7) is 5.56. The Morgan fingerprint density at radius 2 is 1.80 bits per heavy atom. The number of carbonyl (C=O) groups is 2. The van der Waals surface area contributed by atoms with Crippen molar-refractivity contribution in [3.05, 3.63) is 70.8 Å². The van der Waals surface area contributed by atoms with E-state index in [1.165, 1.54) is 0 Å². The Morgan fingerprint density at radius 1 is 1.08 bits per heavy atom. The van der Waals surface area contributed by atoms with E-state index in [1.54, 1.807) is 6.07 Å². The fraction of sp³-hybridized carbons (Fsp3) is 0.333. The van der Waals surface area contributed by atoms with E-state index in [0.717, 1.165) is 29.5 Å². The Balaban J connectivity index is 1.94. The van der Waals surface area contributed by atoms with Gasteiger partial charge in [0.25, 0.3) is 5.91 Å². The first-order chi connectivity index (χ1) is 12.0. The predicted octanol–water partition coefficient (Wildman–Crippen LogP) is 4.12. The molecule has 0 aliphatic carbocycles. The number of rotatable bonds is 7. The molecular weight excluding hydrogens is 314 g/mol. The number of aryl methyl sites for hydroxylation is 2. The first kappa shape index (κ1) is 18.7. The average Bonchev–Trinajstić information content (AvgIpc) is 2.62. The molecule has 0 radical (unpaired) electrons. The van der Waals surface area contributed by atoms with Crippen LogP contribution in [0.25, 0.3) is 0 Å². The molecule has 4 heteroatoms. The minimum atomic E-state index is -0.469. The monoisotopic (exact) mass is 339 g/mol.